The Kier molecular flexibility index (Phi) is 8.21. The number of hydrogen-bond donors (Lipinski definition) is 1. The zero-order valence-corrected chi connectivity index (χ0v) is 17.2. The number of morpholine rings is 1. The van der Waals surface area contributed by atoms with Crippen LogP contribution < -0.4 is 10.1 Å². The van der Waals surface area contributed by atoms with Crippen molar-refractivity contribution in [1.82, 2.24) is 10.2 Å². The average molecular weight is 404 g/mol. The molecular formula is C21H28N2O6. The lowest BCUT2D eigenvalue weighted by molar-refractivity contribution is -0.158. The van der Waals surface area contributed by atoms with E-state index in [1.165, 1.54) is 13.0 Å². The molecule has 0 bridgehead atoms. The molecule has 0 unspecified atom stereocenters. The quantitative estimate of drug-likeness (QED) is 0.545. The number of ether oxygens (including phenoxy) is 3. The van der Waals surface area contributed by atoms with Gasteiger partial charge in [-0.2, -0.15) is 0 Å². The molecule has 1 aromatic rings. The van der Waals surface area contributed by atoms with Crippen molar-refractivity contribution in [1.29, 1.82) is 0 Å². The van der Waals surface area contributed by atoms with Crippen molar-refractivity contribution in [2.24, 2.45) is 0 Å². The van der Waals surface area contributed by atoms with Gasteiger partial charge in [0.05, 0.1) is 19.3 Å². The van der Waals surface area contributed by atoms with E-state index >= 15 is 0 Å². The molecule has 8 nitrogen and oxygen atoms in total. The van der Waals surface area contributed by atoms with E-state index in [4.69, 9.17) is 14.2 Å². The first kappa shape index (κ1) is 22.4. The maximum atomic E-state index is 12.2. The number of benzene rings is 1. The van der Waals surface area contributed by atoms with Crippen LogP contribution in [0.4, 0.5) is 0 Å². The Hall–Kier alpha value is -2.87. The molecule has 0 spiro atoms. The van der Waals surface area contributed by atoms with Gasteiger partial charge >= 0.3 is 5.97 Å². The summed E-state index contributed by atoms with van der Waals surface area (Å²) in [6, 6.07) is 6.30. The SMILES string of the molecule is COc1ccc(/C=C/C(=O)N[C@@H](C)C(=O)OCC(=O)N2C[C@H](C)O[C@@H](C)C2)cc1. The fourth-order valence-corrected chi connectivity index (χ4v) is 2.94. The summed E-state index contributed by atoms with van der Waals surface area (Å²) in [4.78, 5) is 37.9. The summed E-state index contributed by atoms with van der Waals surface area (Å²) in [6.07, 6.45) is 2.83. The van der Waals surface area contributed by atoms with Crippen LogP contribution in [0.3, 0.4) is 0 Å². The Labute approximate surface area is 170 Å². The zero-order valence-electron chi connectivity index (χ0n) is 17.2. The second-order valence-corrected chi connectivity index (χ2v) is 7.00. The summed E-state index contributed by atoms with van der Waals surface area (Å²) in [5, 5.41) is 2.52. The van der Waals surface area contributed by atoms with E-state index in [1.807, 2.05) is 13.8 Å². The van der Waals surface area contributed by atoms with Gasteiger partial charge in [0, 0.05) is 19.2 Å². The van der Waals surface area contributed by atoms with E-state index in [0.717, 1.165) is 11.3 Å². The number of carbonyl (C=O) groups excluding carboxylic acids is 3. The van der Waals surface area contributed by atoms with Gasteiger partial charge in [0.1, 0.15) is 11.8 Å². The maximum absolute atomic E-state index is 12.2. The Morgan fingerprint density at radius 1 is 1.21 bits per heavy atom. The minimum atomic E-state index is -0.877. The van der Waals surface area contributed by atoms with Crippen LogP contribution in [0.1, 0.15) is 26.3 Å². The third-order valence-electron chi connectivity index (χ3n) is 4.37. The predicted octanol–water partition coefficient (Wildman–Crippen LogP) is 1.39. The molecule has 1 aliphatic heterocycles. The third kappa shape index (κ3) is 7.23. The minimum absolute atomic E-state index is 0.0610. The van der Waals surface area contributed by atoms with Crippen LogP contribution in [-0.2, 0) is 23.9 Å². The molecule has 2 amide bonds. The van der Waals surface area contributed by atoms with E-state index in [2.05, 4.69) is 5.32 Å². The highest BCUT2D eigenvalue weighted by Gasteiger charge is 2.27. The first-order valence-corrected chi connectivity index (χ1v) is 9.51. The van der Waals surface area contributed by atoms with Gasteiger partial charge in [0.25, 0.3) is 5.91 Å². The topological polar surface area (TPSA) is 94.2 Å². The molecule has 0 aromatic heterocycles. The van der Waals surface area contributed by atoms with Crippen molar-refractivity contribution in [3.63, 3.8) is 0 Å². The summed E-state index contributed by atoms with van der Waals surface area (Å²) in [5.41, 5.74) is 0.816. The van der Waals surface area contributed by atoms with Crippen molar-refractivity contribution in [2.75, 3.05) is 26.8 Å². The molecule has 8 heteroatoms. The Balaban J connectivity index is 1.76. The third-order valence-corrected chi connectivity index (χ3v) is 4.37. The van der Waals surface area contributed by atoms with Crippen molar-refractivity contribution >= 4 is 23.9 Å². The molecule has 29 heavy (non-hydrogen) atoms. The number of hydrogen-bond acceptors (Lipinski definition) is 6. The van der Waals surface area contributed by atoms with Crippen LogP contribution in [0, 0.1) is 0 Å². The van der Waals surface area contributed by atoms with E-state index in [0.29, 0.717) is 13.1 Å². The number of nitrogens with zero attached hydrogens (tertiary/aromatic N) is 1. The standard InChI is InChI=1S/C21H28N2O6/c1-14-11-23(12-15(2)29-14)20(25)13-28-21(26)16(3)22-19(24)10-7-17-5-8-18(27-4)9-6-17/h5-10,14-16H,11-13H2,1-4H3,(H,22,24)/b10-7+/t14-,15-,16-/m0/s1. The van der Waals surface area contributed by atoms with Crippen LogP contribution in [-0.4, -0.2) is 67.7 Å². The number of nitrogens with one attached hydrogen (secondary N) is 1. The van der Waals surface area contributed by atoms with Gasteiger partial charge in [-0.05, 0) is 44.5 Å². The van der Waals surface area contributed by atoms with Crippen molar-refractivity contribution < 1.29 is 28.6 Å². The molecule has 0 saturated carbocycles. The first-order chi connectivity index (χ1) is 13.8. The second-order valence-electron chi connectivity index (χ2n) is 7.00. The molecule has 1 aliphatic rings. The van der Waals surface area contributed by atoms with E-state index < -0.39 is 17.9 Å². The minimum Gasteiger partial charge on any atom is -0.497 e. The van der Waals surface area contributed by atoms with Crippen LogP contribution >= 0.6 is 0 Å². The van der Waals surface area contributed by atoms with E-state index in [-0.39, 0.29) is 24.7 Å². The lowest BCUT2D eigenvalue weighted by Crippen LogP contribution is -2.49. The predicted molar refractivity (Wildman–Crippen MR) is 107 cm³/mol. The first-order valence-electron chi connectivity index (χ1n) is 9.51. The van der Waals surface area contributed by atoms with Crippen LogP contribution in [0.25, 0.3) is 6.08 Å². The average Bonchev–Trinajstić information content (AvgIpc) is 2.69. The molecule has 1 aromatic carbocycles. The molecule has 158 valence electrons. The highest BCUT2D eigenvalue weighted by Crippen LogP contribution is 2.12. The summed E-state index contributed by atoms with van der Waals surface area (Å²) >= 11 is 0. The molecule has 1 N–H and O–H groups in total. The highest BCUT2D eigenvalue weighted by molar-refractivity contribution is 5.94. The van der Waals surface area contributed by atoms with Crippen LogP contribution in [0.5, 0.6) is 5.75 Å². The second kappa shape index (κ2) is 10.6. The van der Waals surface area contributed by atoms with Gasteiger partial charge in [0.2, 0.25) is 5.91 Å². The molecule has 2 rings (SSSR count). The molecular weight excluding hydrogens is 376 g/mol. The van der Waals surface area contributed by atoms with Crippen LogP contribution in [0.2, 0.25) is 0 Å². The van der Waals surface area contributed by atoms with Gasteiger partial charge in [0.15, 0.2) is 6.61 Å². The van der Waals surface area contributed by atoms with Crippen molar-refractivity contribution in [3.8, 4) is 5.75 Å². The monoisotopic (exact) mass is 404 g/mol. The van der Waals surface area contributed by atoms with Gasteiger partial charge in [-0.25, -0.2) is 4.79 Å². The zero-order chi connectivity index (χ0) is 21.4. The molecule has 1 fully saturated rings. The van der Waals surface area contributed by atoms with Crippen molar-refractivity contribution in [2.45, 2.75) is 39.0 Å². The van der Waals surface area contributed by atoms with Gasteiger partial charge < -0.3 is 24.4 Å². The Morgan fingerprint density at radius 3 is 2.41 bits per heavy atom. The number of amides is 2. The van der Waals surface area contributed by atoms with Gasteiger partial charge in [-0.3, -0.25) is 9.59 Å². The summed E-state index contributed by atoms with van der Waals surface area (Å²) < 4.78 is 15.7. The molecule has 1 heterocycles. The molecule has 0 radical (unpaired) electrons. The Morgan fingerprint density at radius 2 is 1.83 bits per heavy atom. The molecule has 1 saturated heterocycles. The van der Waals surface area contributed by atoms with Crippen molar-refractivity contribution in [3.05, 3.63) is 35.9 Å². The highest BCUT2D eigenvalue weighted by atomic mass is 16.5. The summed E-state index contributed by atoms with van der Waals surface area (Å²) in [5.74, 6) is -0.664. The summed E-state index contributed by atoms with van der Waals surface area (Å²) in [6.45, 7) is 5.84. The summed E-state index contributed by atoms with van der Waals surface area (Å²) in [7, 11) is 1.58. The molecule has 3 atom stereocenters. The fraction of sp³-hybridized carbons (Fsp3) is 0.476. The normalized spacial score (nSPS) is 20.2. The largest absolute Gasteiger partial charge is 0.497 e. The smallest absolute Gasteiger partial charge is 0.328 e. The van der Waals surface area contributed by atoms with Gasteiger partial charge in [-0.1, -0.05) is 12.1 Å². The van der Waals surface area contributed by atoms with Crippen LogP contribution in [0.15, 0.2) is 30.3 Å². The number of carbonyl (C=O) groups is 3. The van der Waals surface area contributed by atoms with E-state index in [9.17, 15) is 14.4 Å². The maximum Gasteiger partial charge on any atom is 0.328 e. The number of esters is 1. The lowest BCUT2D eigenvalue weighted by Gasteiger charge is -2.35. The van der Waals surface area contributed by atoms with E-state index in [1.54, 1.807) is 42.4 Å². The Bertz CT molecular complexity index is 736. The lowest BCUT2D eigenvalue weighted by atomic mass is 10.2. The number of methoxy groups -OCH3 is 1. The fourth-order valence-electron chi connectivity index (χ4n) is 2.94. The molecule has 0 aliphatic carbocycles. The number of rotatable bonds is 7. The van der Waals surface area contributed by atoms with Gasteiger partial charge in [-0.15, -0.1) is 0 Å².